The van der Waals surface area contributed by atoms with Gasteiger partial charge in [-0.1, -0.05) is 17.7 Å². The molecule has 0 bridgehead atoms. The molecule has 2 aromatic rings. The van der Waals surface area contributed by atoms with Crippen molar-refractivity contribution in [2.45, 2.75) is 6.04 Å². The van der Waals surface area contributed by atoms with Crippen molar-refractivity contribution in [2.75, 3.05) is 7.11 Å². The molecule has 6 heteroatoms. The van der Waals surface area contributed by atoms with Gasteiger partial charge in [-0.3, -0.25) is 10.8 Å². The zero-order chi connectivity index (χ0) is 13.8. The second-order valence-electron chi connectivity index (χ2n) is 3.86. The lowest BCUT2D eigenvalue weighted by Crippen LogP contribution is -2.29. The van der Waals surface area contributed by atoms with E-state index in [1.807, 2.05) is 30.3 Å². The van der Waals surface area contributed by atoms with Gasteiger partial charge in [-0.25, -0.2) is 5.43 Å². The van der Waals surface area contributed by atoms with Crippen molar-refractivity contribution in [1.82, 2.24) is 10.4 Å². The smallest absolute Gasteiger partial charge is 0.142 e. The third kappa shape index (κ3) is 3.06. The Bertz CT molecular complexity index is 580. The van der Waals surface area contributed by atoms with Crippen LogP contribution in [0.2, 0.25) is 5.02 Å². The fourth-order valence-corrected chi connectivity index (χ4v) is 2.25. The summed E-state index contributed by atoms with van der Waals surface area (Å²) in [7, 11) is 1.60. The molecule has 2 rings (SSSR count). The minimum absolute atomic E-state index is 0.290. The van der Waals surface area contributed by atoms with Crippen molar-refractivity contribution < 1.29 is 4.74 Å². The zero-order valence-electron chi connectivity index (χ0n) is 10.2. The minimum atomic E-state index is -0.290. The van der Waals surface area contributed by atoms with Gasteiger partial charge in [-0.15, -0.1) is 0 Å². The topological polar surface area (TPSA) is 60.2 Å². The van der Waals surface area contributed by atoms with E-state index in [-0.39, 0.29) is 6.04 Å². The molecule has 1 aromatic heterocycles. The number of aromatic nitrogens is 1. The number of hydrogen-bond donors (Lipinski definition) is 2. The Morgan fingerprint density at radius 1 is 1.42 bits per heavy atom. The number of pyridine rings is 1. The number of benzene rings is 1. The van der Waals surface area contributed by atoms with Crippen LogP contribution in [0.5, 0.6) is 5.75 Å². The standard InChI is InChI=1S/C13H13BrClN3O/c1-19-11-3-2-6-17-13(11)12(18-16)8-4-5-9(14)10(15)7-8/h2-7,12,18H,16H2,1H3. The highest BCUT2D eigenvalue weighted by molar-refractivity contribution is 9.10. The molecule has 0 aliphatic rings. The van der Waals surface area contributed by atoms with Crippen LogP contribution in [0.1, 0.15) is 17.3 Å². The van der Waals surface area contributed by atoms with Crippen molar-refractivity contribution in [1.29, 1.82) is 0 Å². The first kappa shape index (κ1) is 14.3. The van der Waals surface area contributed by atoms with Gasteiger partial charge in [0.05, 0.1) is 18.2 Å². The molecular formula is C13H13BrClN3O. The van der Waals surface area contributed by atoms with Crippen LogP contribution >= 0.6 is 27.5 Å². The number of methoxy groups -OCH3 is 1. The van der Waals surface area contributed by atoms with Gasteiger partial charge < -0.3 is 4.74 Å². The van der Waals surface area contributed by atoms with Gasteiger partial charge in [0.25, 0.3) is 0 Å². The highest BCUT2D eigenvalue weighted by atomic mass is 79.9. The van der Waals surface area contributed by atoms with Gasteiger partial charge in [0.2, 0.25) is 0 Å². The molecule has 0 spiro atoms. The van der Waals surface area contributed by atoms with Crippen LogP contribution in [-0.4, -0.2) is 12.1 Å². The second-order valence-corrected chi connectivity index (χ2v) is 5.13. The summed E-state index contributed by atoms with van der Waals surface area (Å²) in [5.74, 6) is 6.32. The molecule has 19 heavy (non-hydrogen) atoms. The third-order valence-corrected chi connectivity index (χ3v) is 3.97. The molecule has 1 aromatic carbocycles. The van der Waals surface area contributed by atoms with E-state index in [0.717, 1.165) is 10.0 Å². The van der Waals surface area contributed by atoms with E-state index in [2.05, 4.69) is 26.3 Å². The van der Waals surface area contributed by atoms with Crippen LogP contribution < -0.4 is 16.0 Å². The Labute approximate surface area is 125 Å². The second kappa shape index (κ2) is 6.34. The largest absolute Gasteiger partial charge is 0.495 e. The molecule has 0 saturated carbocycles. The normalized spacial score (nSPS) is 12.2. The lowest BCUT2D eigenvalue weighted by atomic mass is 10.0. The van der Waals surface area contributed by atoms with E-state index in [0.29, 0.717) is 16.5 Å². The molecule has 1 heterocycles. The minimum Gasteiger partial charge on any atom is -0.495 e. The number of nitrogens with zero attached hydrogens (tertiary/aromatic N) is 1. The maximum absolute atomic E-state index is 6.11. The average molecular weight is 343 g/mol. The predicted molar refractivity (Wildman–Crippen MR) is 79.1 cm³/mol. The maximum Gasteiger partial charge on any atom is 0.142 e. The monoisotopic (exact) mass is 341 g/mol. The Morgan fingerprint density at radius 3 is 2.84 bits per heavy atom. The van der Waals surface area contributed by atoms with Crippen molar-refractivity contribution in [3.05, 3.63) is 57.3 Å². The summed E-state index contributed by atoms with van der Waals surface area (Å²) in [5, 5.41) is 0.618. The van der Waals surface area contributed by atoms with Crippen molar-refractivity contribution in [2.24, 2.45) is 5.84 Å². The summed E-state index contributed by atoms with van der Waals surface area (Å²) in [6.07, 6.45) is 1.70. The molecule has 0 amide bonds. The SMILES string of the molecule is COc1cccnc1C(NN)c1ccc(Br)c(Cl)c1. The number of hydrazine groups is 1. The van der Waals surface area contributed by atoms with Crippen LogP contribution in [-0.2, 0) is 0 Å². The number of nitrogens with two attached hydrogens (primary N) is 1. The quantitative estimate of drug-likeness (QED) is 0.662. The Hall–Kier alpha value is -1.14. The van der Waals surface area contributed by atoms with Crippen LogP contribution in [0, 0.1) is 0 Å². The van der Waals surface area contributed by atoms with Crippen molar-refractivity contribution >= 4 is 27.5 Å². The van der Waals surface area contributed by atoms with Crippen LogP contribution in [0.3, 0.4) is 0 Å². The molecular weight excluding hydrogens is 330 g/mol. The average Bonchev–Trinajstić information content (AvgIpc) is 2.44. The van der Waals surface area contributed by atoms with Gasteiger partial charge in [0.15, 0.2) is 0 Å². The van der Waals surface area contributed by atoms with Crippen LogP contribution in [0.25, 0.3) is 0 Å². The summed E-state index contributed by atoms with van der Waals surface area (Å²) in [5.41, 5.74) is 4.36. The molecule has 0 aliphatic heterocycles. The van der Waals surface area contributed by atoms with E-state index in [1.165, 1.54) is 0 Å². The Morgan fingerprint density at radius 2 is 2.21 bits per heavy atom. The molecule has 4 nitrogen and oxygen atoms in total. The first-order valence-electron chi connectivity index (χ1n) is 5.57. The first-order chi connectivity index (χ1) is 9.17. The molecule has 0 radical (unpaired) electrons. The zero-order valence-corrected chi connectivity index (χ0v) is 12.6. The number of hydrogen-bond acceptors (Lipinski definition) is 4. The van der Waals surface area contributed by atoms with E-state index in [9.17, 15) is 0 Å². The van der Waals surface area contributed by atoms with Gasteiger partial charge in [0.1, 0.15) is 11.4 Å². The highest BCUT2D eigenvalue weighted by Crippen LogP contribution is 2.31. The molecule has 1 unspecified atom stereocenters. The summed E-state index contributed by atoms with van der Waals surface area (Å²) >= 11 is 9.47. The van der Waals surface area contributed by atoms with Gasteiger partial charge >= 0.3 is 0 Å². The lowest BCUT2D eigenvalue weighted by Gasteiger charge is -2.18. The summed E-state index contributed by atoms with van der Waals surface area (Å²) in [4.78, 5) is 4.33. The number of nitrogens with one attached hydrogen (secondary N) is 1. The van der Waals surface area contributed by atoms with E-state index < -0.39 is 0 Å². The van der Waals surface area contributed by atoms with Gasteiger partial charge in [-0.05, 0) is 45.8 Å². The molecule has 3 N–H and O–H groups in total. The third-order valence-electron chi connectivity index (χ3n) is 2.74. The van der Waals surface area contributed by atoms with Crippen LogP contribution in [0.4, 0.5) is 0 Å². The lowest BCUT2D eigenvalue weighted by molar-refractivity contribution is 0.400. The molecule has 0 fully saturated rings. The Balaban J connectivity index is 2.46. The number of halogens is 2. The number of rotatable bonds is 4. The number of ether oxygens (including phenoxy) is 1. The van der Waals surface area contributed by atoms with Gasteiger partial charge in [-0.2, -0.15) is 0 Å². The maximum atomic E-state index is 6.11. The summed E-state index contributed by atoms with van der Waals surface area (Å²) in [6.45, 7) is 0. The fourth-order valence-electron chi connectivity index (χ4n) is 1.82. The van der Waals surface area contributed by atoms with Crippen molar-refractivity contribution in [3.63, 3.8) is 0 Å². The predicted octanol–water partition coefficient (Wildman–Crippen LogP) is 3.06. The fraction of sp³-hybridized carbons (Fsp3) is 0.154. The van der Waals surface area contributed by atoms with Crippen molar-refractivity contribution in [3.8, 4) is 5.75 Å². The van der Waals surface area contributed by atoms with E-state index >= 15 is 0 Å². The van der Waals surface area contributed by atoms with Gasteiger partial charge in [0, 0.05) is 10.7 Å². The van der Waals surface area contributed by atoms with E-state index in [1.54, 1.807) is 13.3 Å². The van der Waals surface area contributed by atoms with Crippen LogP contribution in [0.15, 0.2) is 41.0 Å². The highest BCUT2D eigenvalue weighted by Gasteiger charge is 2.18. The molecule has 100 valence electrons. The van der Waals surface area contributed by atoms with E-state index in [4.69, 9.17) is 22.2 Å². The Kier molecular flexibility index (Phi) is 4.76. The molecule has 0 saturated heterocycles. The molecule has 0 aliphatic carbocycles. The molecule has 1 atom stereocenters. The summed E-state index contributed by atoms with van der Waals surface area (Å²) < 4.78 is 6.14. The summed E-state index contributed by atoms with van der Waals surface area (Å²) in [6, 6.07) is 9.00. The first-order valence-corrected chi connectivity index (χ1v) is 6.74.